The predicted molar refractivity (Wildman–Crippen MR) is 80.0 cm³/mol. The van der Waals surface area contributed by atoms with Crippen LogP contribution in [0.25, 0.3) is 11.1 Å². The van der Waals surface area contributed by atoms with Crippen LogP contribution in [0, 0.1) is 13.8 Å². The average Bonchev–Trinajstić information content (AvgIpc) is 2.32. The Kier molecular flexibility index (Phi) is 5.49. The minimum Gasteiger partial charge on any atom is -0.399 e. The molecule has 5 N–H and O–H groups in total. The van der Waals surface area contributed by atoms with Crippen molar-refractivity contribution in [1.82, 2.24) is 0 Å². The van der Waals surface area contributed by atoms with Crippen LogP contribution in [-0.2, 0) is 4.57 Å². The van der Waals surface area contributed by atoms with Crippen LogP contribution in [-0.4, -0.2) is 4.89 Å². The second-order valence-electron chi connectivity index (χ2n) is 4.29. The molecular weight excluding hydrogens is 259 g/mol. The van der Waals surface area contributed by atoms with Crippen molar-refractivity contribution in [3.63, 3.8) is 0 Å². The van der Waals surface area contributed by atoms with Crippen molar-refractivity contribution in [2.24, 2.45) is 0 Å². The van der Waals surface area contributed by atoms with Crippen LogP contribution in [0.2, 0.25) is 0 Å². The van der Waals surface area contributed by atoms with Gasteiger partial charge in [-0.05, 0) is 60.4 Å². The SMILES string of the molecule is Cc1cc(N)cc(-c2ccc(N)c(C)c2)c1.O=PO. The molecule has 2 aromatic rings. The third kappa shape index (κ3) is 4.36. The lowest BCUT2D eigenvalue weighted by Gasteiger charge is -2.07. The van der Waals surface area contributed by atoms with Gasteiger partial charge in [0, 0.05) is 11.4 Å². The number of nitrogens with two attached hydrogens (primary N) is 2. The Morgan fingerprint density at radius 1 is 1.00 bits per heavy atom. The number of anilines is 2. The van der Waals surface area contributed by atoms with E-state index in [9.17, 15) is 0 Å². The van der Waals surface area contributed by atoms with Gasteiger partial charge in [-0.15, -0.1) is 0 Å². The molecule has 2 aromatic carbocycles. The largest absolute Gasteiger partial charge is 0.399 e. The summed E-state index contributed by atoms with van der Waals surface area (Å²) >= 11 is 0. The van der Waals surface area contributed by atoms with Gasteiger partial charge in [-0.2, -0.15) is 0 Å². The first kappa shape index (κ1) is 15.2. The van der Waals surface area contributed by atoms with Gasteiger partial charge in [0.15, 0.2) is 0 Å². The lowest BCUT2D eigenvalue weighted by molar-refractivity contribution is 0.524. The maximum Gasteiger partial charge on any atom is 0.324 e. The summed E-state index contributed by atoms with van der Waals surface area (Å²) < 4.78 is 8.46. The van der Waals surface area contributed by atoms with Crippen LogP contribution >= 0.6 is 8.69 Å². The summed E-state index contributed by atoms with van der Waals surface area (Å²) in [6, 6.07) is 12.1. The second kappa shape index (κ2) is 6.88. The van der Waals surface area contributed by atoms with E-state index in [1.807, 2.05) is 38.1 Å². The van der Waals surface area contributed by atoms with Gasteiger partial charge >= 0.3 is 8.69 Å². The fourth-order valence-corrected chi connectivity index (χ4v) is 1.83. The number of aryl methyl sites for hydroxylation is 2. The van der Waals surface area contributed by atoms with E-state index in [-0.39, 0.29) is 0 Å². The van der Waals surface area contributed by atoms with Gasteiger partial charge in [0.05, 0.1) is 0 Å². The third-order valence-electron chi connectivity index (χ3n) is 2.70. The minimum atomic E-state index is -0.833. The van der Waals surface area contributed by atoms with E-state index in [1.54, 1.807) is 0 Å². The third-order valence-corrected chi connectivity index (χ3v) is 2.70. The summed E-state index contributed by atoms with van der Waals surface area (Å²) in [6.07, 6.45) is 0. The van der Waals surface area contributed by atoms with E-state index in [0.717, 1.165) is 28.1 Å². The Balaban J connectivity index is 0.000000550. The molecule has 0 spiro atoms. The molecule has 0 aliphatic heterocycles. The average molecular weight is 276 g/mol. The Bertz CT molecular complexity index is 565. The van der Waals surface area contributed by atoms with E-state index < -0.39 is 8.69 Å². The van der Waals surface area contributed by atoms with Crippen molar-refractivity contribution in [3.05, 3.63) is 47.5 Å². The van der Waals surface area contributed by atoms with Crippen molar-refractivity contribution in [2.75, 3.05) is 11.5 Å². The fourth-order valence-electron chi connectivity index (χ4n) is 1.83. The van der Waals surface area contributed by atoms with Gasteiger partial charge in [0.25, 0.3) is 0 Å². The molecule has 0 amide bonds. The van der Waals surface area contributed by atoms with Crippen LogP contribution < -0.4 is 11.5 Å². The first-order valence-electron chi connectivity index (χ1n) is 5.68. The van der Waals surface area contributed by atoms with E-state index >= 15 is 0 Å². The topological polar surface area (TPSA) is 89.3 Å². The molecular formula is C14H17N2O2P. The molecule has 5 heteroatoms. The molecule has 0 saturated carbocycles. The van der Waals surface area contributed by atoms with E-state index in [2.05, 4.69) is 12.1 Å². The molecule has 0 radical (unpaired) electrons. The van der Waals surface area contributed by atoms with Crippen molar-refractivity contribution in [3.8, 4) is 11.1 Å². The maximum atomic E-state index is 8.46. The van der Waals surface area contributed by atoms with E-state index in [1.165, 1.54) is 5.56 Å². The minimum absolute atomic E-state index is 0.796. The zero-order valence-electron chi connectivity index (χ0n) is 10.9. The molecule has 19 heavy (non-hydrogen) atoms. The predicted octanol–water partition coefficient (Wildman–Crippen LogP) is 3.32. The Hall–Kier alpha value is -1.90. The van der Waals surface area contributed by atoms with Gasteiger partial charge in [-0.1, -0.05) is 12.1 Å². The second-order valence-corrected chi connectivity index (χ2v) is 4.45. The van der Waals surface area contributed by atoms with Gasteiger partial charge in [0.2, 0.25) is 0 Å². The highest BCUT2D eigenvalue weighted by Gasteiger charge is 2.01. The van der Waals surface area contributed by atoms with Crippen molar-refractivity contribution < 1.29 is 9.46 Å². The molecule has 0 atom stereocenters. The monoisotopic (exact) mass is 276 g/mol. The molecule has 0 aliphatic rings. The fraction of sp³-hybridized carbons (Fsp3) is 0.143. The molecule has 0 unspecified atom stereocenters. The number of rotatable bonds is 1. The summed E-state index contributed by atoms with van der Waals surface area (Å²) in [6.45, 7) is 4.06. The summed E-state index contributed by atoms with van der Waals surface area (Å²) in [5.74, 6) is 0. The number of hydrogen-bond acceptors (Lipinski definition) is 3. The molecule has 2 rings (SSSR count). The first-order chi connectivity index (χ1) is 8.97. The summed E-state index contributed by atoms with van der Waals surface area (Å²) in [4.78, 5) is 6.99. The molecule has 0 saturated heterocycles. The van der Waals surface area contributed by atoms with Crippen molar-refractivity contribution >= 4 is 20.1 Å². The summed E-state index contributed by atoms with van der Waals surface area (Å²) in [5.41, 5.74) is 17.8. The van der Waals surface area contributed by atoms with Crippen molar-refractivity contribution in [2.45, 2.75) is 13.8 Å². The molecule has 0 aliphatic carbocycles. The Morgan fingerprint density at radius 2 is 1.63 bits per heavy atom. The first-order valence-corrected chi connectivity index (χ1v) is 6.45. The highest BCUT2D eigenvalue weighted by atomic mass is 31.1. The number of benzene rings is 2. The zero-order chi connectivity index (χ0) is 14.4. The normalized spacial score (nSPS) is 9.84. The molecule has 4 nitrogen and oxygen atoms in total. The van der Waals surface area contributed by atoms with Gasteiger partial charge in [0.1, 0.15) is 0 Å². The van der Waals surface area contributed by atoms with Gasteiger partial charge < -0.3 is 16.4 Å². The lowest BCUT2D eigenvalue weighted by atomic mass is 10.0. The quantitative estimate of drug-likeness (QED) is 0.550. The molecule has 0 heterocycles. The van der Waals surface area contributed by atoms with Gasteiger partial charge in [-0.3, -0.25) is 0 Å². The van der Waals surface area contributed by atoms with Crippen LogP contribution in [0.5, 0.6) is 0 Å². The van der Waals surface area contributed by atoms with Gasteiger partial charge in [-0.25, -0.2) is 4.57 Å². The lowest BCUT2D eigenvalue weighted by Crippen LogP contribution is -1.91. The van der Waals surface area contributed by atoms with Crippen LogP contribution in [0.15, 0.2) is 36.4 Å². The summed E-state index contributed by atoms with van der Waals surface area (Å²) in [5, 5.41) is 0. The number of nitrogen functional groups attached to an aromatic ring is 2. The Morgan fingerprint density at radius 3 is 2.16 bits per heavy atom. The highest BCUT2D eigenvalue weighted by molar-refractivity contribution is 7.16. The van der Waals surface area contributed by atoms with E-state index in [4.69, 9.17) is 20.9 Å². The van der Waals surface area contributed by atoms with Crippen LogP contribution in [0.1, 0.15) is 11.1 Å². The van der Waals surface area contributed by atoms with Crippen LogP contribution in [0.3, 0.4) is 0 Å². The van der Waals surface area contributed by atoms with Crippen LogP contribution in [0.4, 0.5) is 11.4 Å². The Labute approximate surface area is 114 Å². The summed E-state index contributed by atoms with van der Waals surface area (Å²) in [7, 11) is -0.833. The zero-order valence-corrected chi connectivity index (χ0v) is 11.8. The molecule has 0 aromatic heterocycles. The molecule has 100 valence electrons. The maximum absolute atomic E-state index is 8.46. The standard InChI is InChI=1S/C14H16N2.HO2P/c1-9-5-12(8-13(15)6-9)11-3-4-14(16)10(2)7-11;1-3-2/h3-8H,15-16H2,1-2H3;(H,1,2). The number of hydrogen-bond donors (Lipinski definition) is 3. The highest BCUT2D eigenvalue weighted by Crippen LogP contribution is 2.26. The molecule has 0 bridgehead atoms. The smallest absolute Gasteiger partial charge is 0.324 e. The molecule has 0 fully saturated rings. The van der Waals surface area contributed by atoms with E-state index in [0.29, 0.717) is 0 Å². The van der Waals surface area contributed by atoms with Crippen molar-refractivity contribution in [1.29, 1.82) is 0 Å².